The van der Waals surface area contributed by atoms with E-state index in [1.165, 1.54) is 49.4 Å². The van der Waals surface area contributed by atoms with Crippen LogP contribution in [0.4, 0.5) is 0 Å². The molecule has 0 bridgehead atoms. The van der Waals surface area contributed by atoms with E-state index >= 15 is 0 Å². The number of benzene rings is 4. The largest absolute Gasteiger partial charge is 0.0961 e. The fourth-order valence-corrected chi connectivity index (χ4v) is 4.59. The van der Waals surface area contributed by atoms with Crippen molar-refractivity contribution in [2.75, 3.05) is 0 Å². The maximum atomic E-state index is 3.66. The van der Waals surface area contributed by atoms with Gasteiger partial charge in [0.25, 0.3) is 0 Å². The molecular weight excluding hydrogens is 432 g/mol. The van der Waals surface area contributed by atoms with Crippen molar-refractivity contribution in [1.29, 1.82) is 0 Å². The number of fused-ring (bicyclic) bond motifs is 3. The molecule has 36 heavy (non-hydrogen) atoms. The maximum absolute atomic E-state index is 3.66. The van der Waals surface area contributed by atoms with E-state index < -0.39 is 0 Å². The van der Waals surface area contributed by atoms with E-state index in [0.29, 0.717) is 5.92 Å². The summed E-state index contributed by atoms with van der Waals surface area (Å²) in [5.41, 5.74) is 7.91. The summed E-state index contributed by atoms with van der Waals surface area (Å²) in [5, 5.41) is 5.31. The lowest BCUT2D eigenvalue weighted by atomic mass is 9.85. The summed E-state index contributed by atoms with van der Waals surface area (Å²) in [7, 11) is 0. The first-order chi connectivity index (χ1) is 17.4. The summed E-state index contributed by atoms with van der Waals surface area (Å²) in [4.78, 5) is 0. The average Bonchev–Trinajstić information content (AvgIpc) is 2.89. The maximum Gasteiger partial charge on any atom is -0.00730 e. The van der Waals surface area contributed by atoms with Gasteiger partial charge < -0.3 is 0 Å². The van der Waals surface area contributed by atoms with Crippen LogP contribution >= 0.6 is 0 Å². The second-order valence-corrected chi connectivity index (χ2v) is 9.14. The molecule has 0 radical (unpaired) electrons. The standard InChI is InChI=1S/C28H28.C6H10.C2H6/c1-5-9-21-13-16-24-22(18-21)14-17-27-25(24)15-12-20(4)28(27)26-11-8-7-10-23(26)19(3)6-2;1-4-5-6(2)3;1-2/h5,7-19H,6H2,1-4H3;4-5H,2H2,1,3H3;1-2H3/b9-5+;5-4-;. The second kappa shape index (κ2) is 14.2. The van der Waals surface area contributed by atoms with Gasteiger partial charge in [-0.15, -0.1) is 0 Å². The lowest BCUT2D eigenvalue weighted by Gasteiger charge is -2.19. The SMILES string of the molecule is C/C=C/c1ccc2c(ccc3c(-c4ccccc4C(C)CC)c(C)ccc32)c1.C=C(C)/C=C\C.CC. The Morgan fingerprint density at radius 2 is 1.53 bits per heavy atom. The number of allylic oxidation sites excluding steroid dienone is 4. The van der Waals surface area contributed by atoms with Crippen LogP contribution in [0.25, 0.3) is 38.7 Å². The van der Waals surface area contributed by atoms with Crippen molar-refractivity contribution < 1.29 is 0 Å². The molecule has 188 valence electrons. The smallest absolute Gasteiger partial charge is 0.00730 e. The van der Waals surface area contributed by atoms with Gasteiger partial charge in [-0.2, -0.15) is 0 Å². The Hall–Kier alpha value is -3.38. The molecule has 4 aromatic carbocycles. The van der Waals surface area contributed by atoms with Crippen molar-refractivity contribution in [1.82, 2.24) is 0 Å². The van der Waals surface area contributed by atoms with Gasteiger partial charge in [0, 0.05) is 0 Å². The van der Waals surface area contributed by atoms with E-state index in [1.807, 2.05) is 39.8 Å². The van der Waals surface area contributed by atoms with Crippen LogP contribution in [0.1, 0.15) is 77.5 Å². The van der Waals surface area contributed by atoms with Crippen LogP contribution < -0.4 is 0 Å². The zero-order chi connectivity index (χ0) is 26.7. The van der Waals surface area contributed by atoms with Gasteiger partial charge in [0.15, 0.2) is 0 Å². The molecular formula is C36H44. The van der Waals surface area contributed by atoms with Gasteiger partial charge in [-0.3, -0.25) is 0 Å². The minimum Gasteiger partial charge on any atom is -0.0961 e. The third-order valence-corrected chi connectivity index (χ3v) is 6.43. The summed E-state index contributed by atoms with van der Waals surface area (Å²) in [6.07, 6.45) is 9.35. The van der Waals surface area contributed by atoms with Crippen molar-refractivity contribution in [2.45, 2.75) is 67.7 Å². The van der Waals surface area contributed by atoms with Crippen molar-refractivity contribution in [3.8, 4) is 11.1 Å². The van der Waals surface area contributed by atoms with Crippen LogP contribution in [-0.4, -0.2) is 0 Å². The van der Waals surface area contributed by atoms with Crippen molar-refractivity contribution >= 4 is 27.6 Å². The van der Waals surface area contributed by atoms with E-state index in [1.54, 1.807) is 0 Å². The predicted molar refractivity (Wildman–Crippen MR) is 166 cm³/mol. The third kappa shape index (κ3) is 6.85. The molecule has 0 fully saturated rings. The highest BCUT2D eigenvalue weighted by molar-refractivity contribution is 6.13. The Balaban J connectivity index is 0.000000502. The molecule has 0 aliphatic heterocycles. The highest BCUT2D eigenvalue weighted by Crippen LogP contribution is 2.39. The third-order valence-electron chi connectivity index (χ3n) is 6.43. The van der Waals surface area contributed by atoms with Crippen LogP contribution in [0.15, 0.2) is 97.1 Å². The van der Waals surface area contributed by atoms with Gasteiger partial charge in [0.1, 0.15) is 0 Å². The molecule has 0 saturated carbocycles. The fourth-order valence-electron chi connectivity index (χ4n) is 4.59. The van der Waals surface area contributed by atoms with E-state index in [0.717, 1.165) is 12.0 Å². The Labute approximate surface area is 220 Å². The molecule has 1 unspecified atom stereocenters. The average molecular weight is 477 g/mol. The Bertz CT molecular complexity index is 1350. The molecule has 0 heteroatoms. The van der Waals surface area contributed by atoms with Crippen LogP contribution in [0.5, 0.6) is 0 Å². The topological polar surface area (TPSA) is 0 Å². The molecule has 4 rings (SSSR count). The summed E-state index contributed by atoms with van der Waals surface area (Å²) in [6.45, 7) is 20.5. The minimum atomic E-state index is 0.551. The van der Waals surface area contributed by atoms with Crippen LogP contribution in [0.3, 0.4) is 0 Å². The number of hydrogen-bond acceptors (Lipinski definition) is 0. The molecule has 0 amide bonds. The Morgan fingerprint density at radius 1 is 0.861 bits per heavy atom. The van der Waals surface area contributed by atoms with Gasteiger partial charge in [-0.05, 0) is 95.5 Å². The van der Waals surface area contributed by atoms with E-state index in [4.69, 9.17) is 0 Å². The lowest BCUT2D eigenvalue weighted by molar-refractivity contribution is 0.735. The van der Waals surface area contributed by atoms with E-state index in [2.05, 4.69) is 113 Å². The highest BCUT2D eigenvalue weighted by Gasteiger charge is 2.15. The summed E-state index contributed by atoms with van der Waals surface area (Å²) in [5.74, 6) is 0.551. The molecule has 0 aliphatic carbocycles. The molecule has 0 heterocycles. The normalized spacial score (nSPS) is 11.8. The minimum absolute atomic E-state index is 0.551. The van der Waals surface area contributed by atoms with Crippen LogP contribution in [0.2, 0.25) is 0 Å². The summed E-state index contributed by atoms with van der Waals surface area (Å²) in [6, 6.07) is 24.9. The summed E-state index contributed by atoms with van der Waals surface area (Å²) >= 11 is 0. The van der Waals surface area contributed by atoms with Crippen LogP contribution in [0, 0.1) is 6.92 Å². The number of rotatable bonds is 5. The zero-order valence-corrected chi connectivity index (χ0v) is 23.7. The van der Waals surface area contributed by atoms with Crippen molar-refractivity contribution in [2.24, 2.45) is 0 Å². The molecule has 0 spiro atoms. The lowest BCUT2D eigenvalue weighted by Crippen LogP contribution is -1.97. The van der Waals surface area contributed by atoms with Gasteiger partial charge in [0.05, 0.1) is 0 Å². The van der Waals surface area contributed by atoms with Gasteiger partial charge >= 0.3 is 0 Å². The monoisotopic (exact) mass is 476 g/mol. The van der Waals surface area contributed by atoms with Gasteiger partial charge in [-0.1, -0.05) is 125 Å². The number of aryl methyl sites for hydroxylation is 1. The first-order valence-electron chi connectivity index (χ1n) is 13.4. The molecule has 0 nitrogen and oxygen atoms in total. The molecule has 4 aromatic rings. The number of hydrogen-bond donors (Lipinski definition) is 0. The Morgan fingerprint density at radius 3 is 2.14 bits per heavy atom. The molecule has 0 N–H and O–H groups in total. The second-order valence-electron chi connectivity index (χ2n) is 9.14. The van der Waals surface area contributed by atoms with Gasteiger partial charge in [-0.25, -0.2) is 0 Å². The van der Waals surface area contributed by atoms with Gasteiger partial charge in [0.2, 0.25) is 0 Å². The Kier molecular flexibility index (Phi) is 11.4. The first-order valence-corrected chi connectivity index (χ1v) is 13.4. The highest BCUT2D eigenvalue weighted by atomic mass is 14.2. The van der Waals surface area contributed by atoms with Crippen LogP contribution in [-0.2, 0) is 0 Å². The molecule has 0 aromatic heterocycles. The molecule has 1 atom stereocenters. The van der Waals surface area contributed by atoms with Crippen molar-refractivity contribution in [3.63, 3.8) is 0 Å². The van der Waals surface area contributed by atoms with Crippen molar-refractivity contribution in [3.05, 3.63) is 114 Å². The molecule has 0 aliphatic rings. The molecule has 0 saturated heterocycles. The quantitative estimate of drug-likeness (QED) is 0.198. The summed E-state index contributed by atoms with van der Waals surface area (Å²) < 4.78 is 0. The van der Waals surface area contributed by atoms with E-state index in [-0.39, 0.29) is 0 Å². The fraction of sp³-hybridized carbons (Fsp3) is 0.278. The zero-order valence-electron chi connectivity index (χ0n) is 23.7. The predicted octanol–water partition coefficient (Wildman–Crippen LogP) is 11.7. The van der Waals surface area contributed by atoms with E-state index in [9.17, 15) is 0 Å². The first kappa shape index (κ1) is 28.9.